The summed E-state index contributed by atoms with van der Waals surface area (Å²) in [5.74, 6) is -0.300. The van der Waals surface area contributed by atoms with Crippen molar-refractivity contribution in [3.8, 4) is 5.75 Å². The molecular weight excluding hydrogens is 291 g/mol. The van der Waals surface area contributed by atoms with Gasteiger partial charge in [0.25, 0.3) is 0 Å². The number of azo groups is 1. The SMILES string of the molecule is CCOC(=O)C(C)(Cl)/N=N/c1cccc(Cl)c1OC. The Bertz CT molecular complexity index is 490. The van der Waals surface area contributed by atoms with E-state index in [0.717, 1.165) is 0 Å². The lowest BCUT2D eigenvalue weighted by Crippen LogP contribution is -2.28. The number of benzene rings is 1. The van der Waals surface area contributed by atoms with Gasteiger partial charge in [-0.15, -0.1) is 5.11 Å². The molecule has 0 aromatic heterocycles. The van der Waals surface area contributed by atoms with E-state index in [1.54, 1.807) is 25.1 Å². The van der Waals surface area contributed by atoms with E-state index in [1.165, 1.54) is 14.0 Å². The van der Waals surface area contributed by atoms with Crippen LogP contribution in [0.4, 0.5) is 5.69 Å². The van der Waals surface area contributed by atoms with Crippen LogP contribution in [0, 0.1) is 0 Å². The molecule has 1 aromatic rings. The second-order valence-corrected chi connectivity index (χ2v) is 4.81. The van der Waals surface area contributed by atoms with Crippen molar-refractivity contribution in [2.24, 2.45) is 10.2 Å². The number of rotatable bonds is 5. The third-order valence-corrected chi connectivity index (χ3v) is 2.67. The number of methoxy groups -OCH3 is 1. The lowest BCUT2D eigenvalue weighted by atomic mass is 10.3. The fourth-order valence-corrected chi connectivity index (χ4v) is 1.57. The topological polar surface area (TPSA) is 60.2 Å². The van der Waals surface area contributed by atoms with Gasteiger partial charge in [-0.2, -0.15) is 5.11 Å². The Kier molecular flexibility index (Phi) is 5.57. The van der Waals surface area contributed by atoms with E-state index in [4.69, 9.17) is 32.7 Å². The first kappa shape index (κ1) is 15.7. The monoisotopic (exact) mass is 304 g/mol. The average Bonchev–Trinajstić information content (AvgIpc) is 2.36. The zero-order valence-corrected chi connectivity index (χ0v) is 12.3. The first-order valence-electron chi connectivity index (χ1n) is 5.54. The first-order chi connectivity index (χ1) is 8.92. The number of hydrogen-bond donors (Lipinski definition) is 0. The average molecular weight is 305 g/mol. The minimum atomic E-state index is -1.58. The van der Waals surface area contributed by atoms with E-state index >= 15 is 0 Å². The maximum atomic E-state index is 11.5. The number of esters is 1. The number of halogens is 2. The van der Waals surface area contributed by atoms with Crippen molar-refractivity contribution in [3.05, 3.63) is 23.2 Å². The van der Waals surface area contributed by atoms with Crippen LogP contribution < -0.4 is 4.74 Å². The number of nitrogens with zero attached hydrogens (tertiary/aromatic N) is 2. The molecule has 0 N–H and O–H groups in total. The van der Waals surface area contributed by atoms with E-state index in [-0.39, 0.29) is 6.61 Å². The second-order valence-electron chi connectivity index (χ2n) is 3.67. The number of para-hydroxylation sites is 1. The Morgan fingerprint density at radius 1 is 1.47 bits per heavy atom. The predicted octanol–water partition coefficient (Wildman–Crippen LogP) is 3.95. The summed E-state index contributed by atoms with van der Waals surface area (Å²) in [5, 5.41) is 8.06. The predicted molar refractivity (Wildman–Crippen MR) is 73.4 cm³/mol. The number of alkyl halides is 1. The molecular formula is C12H14Cl2N2O3. The van der Waals surface area contributed by atoms with E-state index in [1.807, 2.05) is 0 Å². The van der Waals surface area contributed by atoms with Crippen LogP contribution in [0.1, 0.15) is 13.8 Å². The van der Waals surface area contributed by atoms with Gasteiger partial charge in [-0.3, -0.25) is 0 Å². The van der Waals surface area contributed by atoms with Gasteiger partial charge in [0.2, 0.25) is 5.00 Å². The zero-order valence-electron chi connectivity index (χ0n) is 10.8. The van der Waals surface area contributed by atoms with Gasteiger partial charge in [-0.25, -0.2) is 4.79 Å². The maximum absolute atomic E-state index is 11.5. The van der Waals surface area contributed by atoms with Crippen molar-refractivity contribution in [1.29, 1.82) is 0 Å². The van der Waals surface area contributed by atoms with Crippen LogP contribution in [0.3, 0.4) is 0 Å². The number of hydrogen-bond acceptors (Lipinski definition) is 5. The maximum Gasteiger partial charge on any atom is 0.351 e. The second kappa shape index (κ2) is 6.73. The summed E-state index contributed by atoms with van der Waals surface area (Å²) in [7, 11) is 1.46. The highest BCUT2D eigenvalue weighted by atomic mass is 35.5. The standard InChI is InChI=1S/C12H14Cl2N2O3/c1-4-19-11(17)12(2,14)16-15-9-7-5-6-8(13)10(9)18-3/h5-7H,4H2,1-3H3/b16-15+. The minimum absolute atomic E-state index is 0.219. The van der Waals surface area contributed by atoms with Gasteiger partial charge in [0.1, 0.15) is 5.69 Å². The van der Waals surface area contributed by atoms with Gasteiger partial charge in [0, 0.05) is 0 Å². The van der Waals surface area contributed by atoms with Crippen LogP contribution in [0.15, 0.2) is 28.4 Å². The Balaban J connectivity index is 2.99. The third-order valence-electron chi connectivity index (χ3n) is 2.14. The van der Waals surface area contributed by atoms with Crippen molar-refractivity contribution in [2.75, 3.05) is 13.7 Å². The summed E-state index contributed by atoms with van der Waals surface area (Å²) in [6.45, 7) is 3.30. The number of carbonyl (C=O) groups is 1. The Morgan fingerprint density at radius 3 is 2.74 bits per heavy atom. The van der Waals surface area contributed by atoms with Gasteiger partial charge >= 0.3 is 5.97 Å². The molecule has 0 amide bonds. The molecule has 0 fully saturated rings. The largest absolute Gasteiger partial charge is 0.493 e. The zero-order chi connectivity index (χ0) is 14.5. The molecule has 0 aliphatic carbocycles. The summed E-state index contributed by atoms with van der Waals surface area (Å²) in [6, 6.07) is 4.99. The van der Waals surface area contributed by atoms with Crippen LogP contribution in [-0.4, -0.2) is 24.7 Å². The minimum Gasteiger partial charge on any atom is -0.493 e. The van der Waals surface area contributed by atoms with E-state index in [9.17, 15) is 4.79 Å². The summed E-state index contributed by atoms with van der Waals surface area (Å²) in [6.07, 6.45) is 0. The molecule has 104 valence electrons. The molecule has 0 radical (unpaired) electrons. The van der Waals surface area contributed by atoms with Crippen molar-refractivity contribution < 1.29 is 14.3 Å². The molecule has 1 aromatic carbocycles. The molecule has 1 rings (SSSR count). The molecule has 7 heteroatoms. The smallest absolute Gasteiger partial charge is 0.351 e. The van der Waals surface area contributed by atoms with Crippen LogP contribution in [0.2, 0.25) is 5.02 Å². The fourth-order valence-electron chi connectivity index (χ4n) is 1.23. The molecule has 19 heavy (non-hydrogen) atoms. The molecule has 0 aliphatic heterocycles. The molecule has 0 saturated carbocycles. The van der Waals surface area contributed by atoms with Crippen LogP contribution in [0.25, 0.3) is 0 Å². The van der Waals surface area contributed by atoms with Gasteiger partial charge < -0.3 is 9.47 Å². The lowest BCUT2D eigenvalue weighted by Gasteiger charge is -2.13. The number of ether oxygens (including phenoxy) is 2. The number of carbonyl (C=O) groups excluding carboxylic acids is 1. The molecule has 5 nitrogen and oxygen atoms in total. The van der Waals surface area contributed by atoms with Crippen LogP contribution >= 0.6 is 23.2 Å². The molecule has 0 bridgehead atoms. The quantitative estimate of drug-likeness (QED) is 0.358. The third kappa shape index (κ3) is 4.08. The highest BCUT2D eigenvalue weighted by molar-refractivity contribution is 6.33. The van der Waals surface area contributed by atoms with E-state index in [2.05, 4.69) is 10.2 Å². The van der Waals surface area contributed by atoms with Crippen molar-refractivity contribution >= 4 is 34.9 Å². The Hall–Kier alpha value is -1.33. The Labute approximate surface area is 121 Å². The first-order valence-corrected chi connectivity index (χ1v) is 6.29. The van der Waals surface area contributed by atoms with Gasteiger partial charge in [0.05, 0.1) is 18.7 Å². The molecule has 0 saturated heterocycles. The fraction of sp³-hybridized carbons (Fsp3) is 0.417. The van der Waals surface area contributed by atoms with Gasteiger partial charge in [-0.05, 0) is 26.0 Å². The molecule has 1 unspecified atom stereocenters. The Morgan fingerprint density at radius 2 is 2.16 bits per heavy atom. The summed E-state index contributed by atoms with van der Waals surface area (Å²) < 4.78 is 9.90. The van der Waals surface area contributed by atoms with Gasteiger partial charge in [0.15, 0.2) is 5.75 Å². The molecule has 0 spiro atoms. The normalized spacial score (nSPS) is 14.2. The van der Waals surface area contributed by atoms with Crippen molar-refractivity contribution in [2.45, 2.75) is 18.8 Å². The van der Waals surface area contributed by atoms with Crippen molar-refractivity contribution in [3.63, 3.8) is 0 Å². The molecule has 0 aliphatic rings. The lowest BCUT2D eigenvalue weighted by molar-refractivity contribution is -0.145. The molecule has 0 heterocycles. The van der Waals surface area contributed by atoms with Crippen molar-refractivity contribution in [1.82, 2.24) is 0 Å². The summed E-state index contributed by atoms with van der Waals surface area (Å²) in [5.41, 5.74) is 0.381. The highest BCUT2D eigenvalue weighted by Gasteiger charge is 2.32. The summed E-state index contributed by atoms with van der Waals surface area (Å²) >= 11 is 11.9. The van der Waals surface area contributed by atoms with Crippen LogP contribution in [0.5, 0.6) is 5.75 Å². The highest BCUT2D eigenvalue weighted by Crippen LogP contribution is 2.35. The van der Waals surface area contributed by atoms with E-state index in [0.29, 0.717) is 16.5 Å². The molecule has 1 atom stereocenters. The van der Waals surface area contributed by atoms with Gasteiger partial charge in [-0.1, -0.05) is 29.3 Å². The van der Waals surface area contributed by atoms with E-state index < -0.39 is 11.0 Å². The summed E-state index contributed by atoms with van der Waals surface area (Å²) in [4.78, 5) is 9.96. The van der Waals surface area contributed by atoms with Crippen LogP contribution in [-0.2, 0) is 9.53 Å².